The van der Waals surface area contributed by atoms with Crippen LogP contribution in [0.4, 0.5) is 0 Å². The minimum Gasteiger partial charge on any atom is -0.481 e. The molecule has 10 atom stereocenters. The number of aliphatic carboxylic acids is 1. The normalized spacial score (nSPS) is 48.4. The van der Waals surface area contributed by atoms with Crippen molar-refractivity contribution < 1.29 is 35.1 Å². The summed E-state index contributed by atoms with van der Waals surface area (Å²) in [6.07, 6.45) is 4.10. The van der Waals surface area contributed by atoms with Crippen molar-refractivity contribution in [3.05, 3.63) is 11.6 Å². The molecule has 1 heterocycles. The molecule has 2 saturated carbocycles. The van der Waals surface area contributed by atoms with Crippen molar-refractivity contribution in [2.45, 2.75) is 135 Å². The van der Waals surface area contributed by atoms with Crippen LogP contribution in [-0.2, 0) is 9.53 Å². The van der Waals surface area contributed by atoms with Gasteiger partial charge >= 0.3 is 5.97 Å². The van der Waals surface area contributed by atoms with Gasteiger partial charge in [-0.1, -0.05) is 32.4 Å². The van der Waals surface area contributed by atoms with Gasteiger partial charge in [0.25, 0.3) is 0 Å². The lowest BCUT2D eigenvalue weighted by atomic mass is 9.43. The average Bonchev–Trinajstić information content (AvgIpc) is 3.21. The zero-order chi connectivity index (χ0) is 28.0. The lowest BCUT2D eigenvalue weighted by Crippen LogP contribution is -2.60. The number of hydrogen-bond acceptors (Lipinski definition) is 6. The second kappa shape index (κ2) is 8.76. The summed E-state index contributed by atoms with van der Waals surface area (Å²) in [6.45, 7) is 15.5. The van der Waals surface area contributed by atoms with Crippen molar-refractivity contribution in [1.29, 1.82) is 0 Å². The van der Waals surface area contributed by atoms with Crippen molar-refractivity contribution >= 4 is 5.97 Å². The van der Waals surface area contributed by atoms with Crippen LogP contribution in [0, 0.1) is 34.0 Å². The number of aliphatic hydroxyl groups excluding tert-OH is 2. The number of hydrogen-bond donors (Lipinski definition) is 5. The molecule has 37 heavy (non-hydrogen) atoms. The van der Waals surface area contributed by atoms with Crippen LogP contribution in [-0.4, -0.2) is 66.6 Å². The highest BCUT2D eigenvalue weighted by Gasteiger charge is 2.70. The molecule has 3 aliphatic carbocycles. The number of allylic oxidation sites excluding steroid dienone is 2. The quantitative estimate of drug-likeness (QED) is 0.333. The Bertz CT molecular complexity index is 947. The average molecular weight is 523 g/mol. The minimum absolute atomic E-state index is 0.0384. The van der Waals surface area contributed by atoms with Crippen LogP contribution < -0.4 is 0 Å². The zero-order valence-corrected chi connectivity index (χ0v) is 24.0. The first-order chi connectivity index (χ1) is 16.7. The second-order valence-corrected chi connectivity index (χ2v) is 14.9. The molecular weight excluding hydrogens is 472 g/mol. The van der Waals surface area contributed by atoms with E-state index in [9.17, 15) is 30.3 Å². The molecule has 7 heteroatoms. The van der Waals surface area contributed by atoms with E-state index in [0.29, 0.717) is 25.7 Å². The predicted molar refractivity (Wildman–Crippen MR) is 141 cm³/mol. The Kier molecular flexibility index (Phi) is 6.86. The Labute approximate surface area is 222 Å². The number of carboxylic acids is 1. The number of aliphatic hydroxyl groups is 4. The minimum atomic E-state index is -1.19. The topological polar surface area (TPSA) is 127 Å². The molecule has 1 saturated heterocycles. The third-order valence-corrected chi connectivity index (χ3v) is 11.5. The van der Waals surface area contributed by atoms with E-state index in [0.717, 1.165) is 18.4 Å². The molecule has 0 spiro atoms. The smallest absolute Gasteiger partial charge is 0.303 e. The van der Waals surface area contributed by atoms with Crippen molar-refractivity contribution in [3.63, 3.8) is 0 Å². The molecule has 7 nitrogen and oxygen atoms in total. The molecule has 0 radical (unpaired) electrons. The van der Waals surface area contributed by atoms with Gasteiger partial charge < -0.3 is 30.3 Å². The summed E-state index contributed by atoms with van der Waals surface area (Å²) < 4.78 is 6.57. The standard InChI is InChI=1S/C30H50O7/c1-25(2,35)21-10-14-30(8,37-21)24-20(32)16-29(7)18-15-19(31)23(26(3,4)36)27(5,12-11-22(33)34)17(18)9-13-28(24,29)6/h9,18-21,23-24,31-32,35-36H,10-16H2,1-8H3,(H,33,34)/t18?,19-,20-,21-,23-,24-,27+,28+,29-,30+/m0/s1. The van der Waals surface area contributed by atoms with Crippen LogP contribution in [0.2, 0.25) is 0 Å². The molecule has 0 aromatic rings. The maximum Gasteiger partial charge on any atom is 0.303 e. The van der Waals surface area contributed by atoms with Gasteiger partial charge in [0.2, 0.25) is 0 Å². The third-order valence-electron chi connectivity index (χ3n) is 11.5. The van der Waals surface area contributed by atoms with Crippen LogP contribution in [0.15, 0.2) is 11.6 Å². The van der Waals surface area contributed by atoms with Crippen molar-refractivity contribution in [2.24, 2.45) is 34.0 Å². The van der Waals surface area contributed by atoms with Gasteiger partial charge in [-0.3, -0.25) is 4.79 Å². The van der Waals surface area contributed by atoms with Crippen LogP contribution in [0.3, 0.4) is 0 Å². The maximum absolute atomic E-state index is 11.7. The highest BCUT2D eigenvalue weighted by molar-refractivity contribution is 5.66. The fourth-order valence-corrected chi connectivity index (χ4v) is 9.86. The van der Waals surface area contributed by atoms with Gasteiger partial charge in [0.1, 0.15) is 0 Å². The molecule has 212 valence electrons. The number of carbonyl (C=O) groups is 1. The summed E-state index contributed by atoms with van der Waals surface area (Å²) in [4.78, 5) is 11.6. The van der Waals surface area contributed by atoms with Crippen molar-refractivity contribution in [1.82, 2.24) is 0 Å². The first kappa shape index (κ1) is 29.0. The van der Waals surface area contributed by atoms with Gasteiger partial charge in [0.05, 0.1) is 35.1 Å². The van der Waals surface area contributed by atoms with E-state index in [1.165, 1.54) is 0 Å². The van der Waals surface area contributed by atoms with Gasteiger partial charge in [-0.15, -0.1) is 0 Å². The summed E-state index contributed by atoms with van der Waals surface area (Å²) in [5, 5.41) is 54.5. The van der Waals surface area contributed by atoms with Crippen molar-refractivity contribution in [3.8, 4) is 0 Å². The van der Waals surface area contributed by atoms with E-state index in [2.05, 4.69) is 26.8 Å². The molecule has 3 fully saturated rings. The Hall–Kier alpha value is -0.990. The molecule has 0 aromatic heterocycles. The third kappa shape index (κ3) is 4.32. The Morgan fingerprint density at radius 2 is 1.65 bits per heavy atom. The fourth-order valence-electron chi connectivity index (χ4n) is 9.86. The Balaban J connectivity index is 1.78. The van der Waals surface area contributed by atoms with Crippen LogP contribution in [0.5, 0.6) is 0 Å². The highest BCUT2D eigenvalue weighted by Crippen LogP contribution is 2.72. The number of carboxylic acid groups (broad SMARTS) is 1. The summed E-state index contributed by atoms with van der Waals surface area (Å²) >= 11 is 0. The molecule has 0 amide bonds. The number of fused-ring (bicyclic) bond motifs is 3. The number of ether oxygens (including phenoxy) is 1. The lowest BCUT2D eigenvalue weighted by Gasteiger charge is -2.62. The summed E-state index contributed by atoms with van der Waals surface area (Å²) in [7, 11) is 0. The SMILES string of the molecule is CC(C)(O)[C@@H]1CC[C@](C)([C@H]2[C@@H](O)C[C@@]3(C)C4C[C@H](O)[C@@H](C(C)(C)O)[C@](C)(CCC(=O)O)C4=CC[C@]23C)O1. The highest BCUT2D eigenvalue weighted by atomic mass is 16.5. The first-order valence-electron chi connectivity index (χ1n) is 14.1. The molecule has 1 unspecified atom stereocenters. The van der Waals surface area contributed by atoms with Crippen LogP contribution in [0.25, 0.3) is 0 Å². The number of rotatable bonds is 6. The summed E-state index contributed by atoms with van der Waals surface area (Å²) in [5.74, 6) is -1.58. The first-order valence-corrected chi connectivity index (χ1v) is 14.1. The molecule has 0 bridgehead atoms. The largest absolute Gasteiger partial charge is 0.481 e. The maximum atomic E-state index is 11.7. The van der Waals surface area contributed by atoms with Gasteiger partial charge in [-0.05, 0) is 95.3 Å². The predicted octanol–water partition coefficient (Wildman–Crippen LogP) is 4.06. The van der Waals surface area contributed by atoms with Gasteiger partial charge in [-0.2, -0.15) is 0 Å². The molecule has 0 aromatic carbocycles. The van der Waals surface area contributed by atoms with Crippen LogP contribution in [0.1, 0.15) is 100 Å². The Morgan fingerprint density at radius 1 is 1.03 bits per heavy atom. The molecular formula is C30H50O7. The van der Waals surface area contributed by atoms with Crippen molar-refractivity contribution in [2.75, 3.05) is 0 Å². The summed E-state index contributed by atoms with van der Waals surface area (Å²) in [5.41, 5.74) is -2.96. The van der Waals surface area contributed by atoms with Gasteiger partial charge in [0.15, 0.2) is 0 Å². The zero-order valence-electron chi connectivity index (χ0n) is 24.0. The lowest BCUT2D eigenvalue weighted by molar-refractivity contribution is -0.178. The van der Waals surface area contributed by atoms with Gasteiger partial charge in [0, 0.05) is 18.3 Å². The second-order valence-electron chi connectivity index (χ2n) is 14.9. The monoisotopic (exact) mass is 522 g/mol. The van der Waals surface area contributed by atoms with E-state index in [1.54, 1.807) is 27.7 Å². The van der Waals surface area contributed by atoms with Gasteiger partial charge in [-0.25, -0.2) is 0 Å². The molecule has 5 N–H and O–H groups in total. The van der Waals surface area contributed by atoms with Crippen LogP contribution >= 0.6 is 0 Å². The molecule has 1 aliphatic heterocycles. The van der Waals surface area contributed by atoms with E-state index >= 15 is 0 Å². The van der Waals surface area contributed by atoms with E-state index < -0.39 is 46.3 Å². The van der Waals surface area contributed by atoms with E-state index in [-0.39, 0.29) is 35.2 Å². The molecule has 4 rings (SSSR count). The van der Waals surface area contributed by atoms with E-state index in [1.807, 2.05) is 6.92 Å². The summed E-state index contributed by atoms with van der Waals surface area (Å²) in [6, 6.07) is 0. The molecule has 4 aliphatic rings. The fraction of sp³-hybridized carbons (Fsp3) is 0.900. The van der Waals surface area contributed by atoms with E-state index in [4.69, 9.17) is 4.74 Å². The Morgan fingerprint density at radius 3 is 2.16 bits per heavy atom.